The summed E-state index contributed by atoms with van der Waals surface area (Å²) in [6.45, 7) is 0.118. The normalized spacial score (nSPS) is 21.2. The Hall–Kier alpha value is -1.14. The third-order valence-corrected chi connectivity index (χ3v) is 1.97. The molecule has 1 aliphatic heterocycles. The number of ether oxygens (including phenoxy) is 1. The summed E-state index contributed by atoms with van der Waals surface area (Å²) in [5.41, 5.74) is 0. The third-order valence-electron chi connectivity index (χ3n) is 1.97. The minimum atomic E-state index is -1.10. The highest BCUT2D eigenvalue weighted by molar-refractivity contribution is 5.78. The molecule has 0 saturated carbocycles. The lowest BCUT2D eigenvalue weighted by molar-refractivity contribution is -0.145. The number of aliphatic carboxylic acids is 1. The number of likely N-dealkylation sites (tertiary alicyclic amines) is 1. The van der Waals surface area contributed by atoms with Gasteiger partial charge in [-0.1, -0.05) is 0 Å². The molecule has 80 valence electrons. The quantitative estimate of drug-likeness (QED) is 0.591. The molecule has 1 rings (SSSR count). The molecule has 2 N–H and O–H groups in total. The molecule has 1 amide bonds. The highest BCUT2D eigenvalue weighted by Crippen LogP contribution is 2.08. The van der Waals surface area contributed by atoms with Crippen molar-refractivity contribution in [3.8, 4) is 0 Å². The molecule has 1 atom stereocenters. The second-order valence-corrected chi connectivity index (χ2v) is 3.17. The van der Waals surface area contributed by atoms with Crippen molar-refractivity contribution in [2.75, 3.05) is 26.3 Å². The van der Waals surface area contributed by atoms with Crippen molar-refractivity contribution in [3.05, 3.63) is 0 Å². The minimum Gasteiger partial charge on any atom is -0.480 e. The number of hydrogen-bond donors (Lipinski definition) is 2. The zero-order valence-corrected chi connectivity index (χ0v) is 7.68. The molecule has 0 bridgehead atoms. The van der Waals surface area contributed by atoms with Gasteiger partial charge in [-0.15, -0.1) is 0 Å². The van der Waals surface area contributed by atoms with Gasteiger partial charge >= 0.3 is 5.97 Å². The molecule has 0 aromatic rings. The van der Waals surface area contributed by atoms with E-state index in [-0.39, 0.29) is 12.5 Å². The van der Waals surface area contributed by atoms with Crippen molar-refractivity contribution in [2.24, 2.45) is 0 Å². The van der Waals surface area contributed by atoms with Gasteiger partial charge in [-0.05, 0) is 6.42 Å². The Morgan fingerprint density at radius 2 is 2.14 bits per heavy atom. The molecule has 1 aliphatic rings. The van der Waals surface area contributed by atoms with E-state index in [1.807, 2.05) is 0 Å². The number of β-amino-alcohol motifs (C(OH)–C–C–N with tert-alkyl or cyclic N) is 1. The van der Waals surface area contributed by atoms with Crippen LogP contribution in [0.5, 0.6) is 0 Å². The van der Waals surface area contributed by atoms with Crippen LogP contribution in [-0.4, -0.2) is 59.4 Å². The zero-order valence-electron chi connectivity index (χ0n) is 7.68. The second kappa shape index (κ2) is 4.92. The Balaban J connectivity index is 2.18. The van der Waals surface area contributed by atoms with Crippen LogP contribution in [0.25, 0.3) is 0 Å². The van der Waals surface area contributed by atoms with Crippen molar-refractivity contribution in [1.29, 1.82) is 0 Å². The van der Waals surface area contributed by atoms with Gasteiger partial charge in [-0.3, -0.25) is 4.79 Å². The first kappa shape index (κ1) is 10.9. The van der Waals surface area contributed by atoms with E-state index in [9.17, 15) is 9.59 Å². The van der Waals surface area contributed by atoms with Gasteiger partial charge in [-0.25, -0.2) is 4.79 Å². The maximum absolute atomic E-state index is 11.3. The molecule has 1 unspecified atom stereocenters. The van der Waals surface area contributed by atoms with E-state index < -0.39 is 18.7 Å². The number of nitrogens with zero attached hydrogens (tertiary/aromatic N) is 1. The van der Waals surface area contributed by atoms with E-state index in [0.717, 1.165) is 0 Å². The number of amides is 1. The van der Waals surface area contributed by atoms with E-state index >= 15 is 0 Å². The molecule has 14 heavy (non-hydrogen) atoms. The Morgan fingerprint density at radius 3 is 2.64 bits per heavy atom. The monoisotopic (exact) mass is 203 g/mol. The summed E-state index contributed by atoms with van der Waals surface area (Å²) in [5, 5.41) is 17.4. The van der Waals surface area contributed by atoms with Crippen molar-refractivity contribution in [1.82, 2.24) is 4.90 Å². The highest BCUT2D eigenvalue weighted by Gasteiger charge is 2.24. The van der Waals surface area contributed by atoms with Crippen LogP contribution in [0.15, 0.2) is 0 Å². The average Bonchev–Trinajstić information content (AvgIpc) is 2.51. The molecule has 1 heterocycles. The Labute approximate surface area is 81.1 Å². The zero-order chi connectivity index (χ0) is 10.6. The predicted molar refractivity (Wildman–Crippen MR) is 45.7 cm³/mol. The van der Waals surface area contributed by atoms with Gasteiger partial charge in [0.25, 0.3) is 0 Å². The van der Waals surface area contributed by atoms with Gasteiger partial charge in [0, 0.05) is 13.1 Å². The fourth-order valence-electron chi connectivity index (χ4n) is 1.29. The summed E-state index contributed by atoms with van der Waals surface area (Å²) in [5.74, 6) is -1.37. The van der Waals surface area contributed by atoms with Crippen LogP contribution in [0, 0.1) is 0 Å². The van der Waals surface area contributed by atoms with Crippen molar-refractivity contribution < 1.29 is 24.5 Å². The second-order valence-electron chi connectivity index (χ2n) is 3.17. The molecule has 1 fully saturated rings. The minimum absolute atomic E-state index is 0.237. The van der Waals surface area contributed by atoms with E-state index in [0.29, 0.717) is 19.5 Å². The number of carbonyl (C=O) groups is 2. The SMILES string of the molecule is O=C(O)COCC(=O)N1CCC(O)C1. The van der Waals surface area contributed by atoms with Gasteiger partial charge in [0.2, 0.25) is 5.91 Å². The van der Waals surface area contributed by atoms with Crippen LogP contribution in [0.3, 0.4) is 0 Å². The van der Waals surface area contributed by atoms with Gasteiger partial charge in [-0.2, -0.15) is 0 Å². The average molecular weight is 203 g/mol. The first-order valence-corrected chi connectivity index (χ1v) is 4.35. The fraction of sp³-hybridized carbons (Fsp3) is 0.750. The van der Waals surface area contributed by atoms with Crippen molar-refractivity contribution in [2.45, 2.75) is 12.5 Å². The van der Waals surface area contributed by atoms with E-state index in [1.54, 1.807) is 0 Å². The van der Waals surface area contributed by atoms with Crippen LogP contribution in [-0.2, 0) is 14.3 Å². The predicted octanol–water partition coefficient (Wildman–Crippen LogP) is -1.32. The summed E-state index contributed by atoms with van der Waals surface area (Å²) >= 11 is 0. The third kappa shape index (κ3) is 3.31. The summed E-state index contributed by atoms with van der Waals surface area (Å²) in [6, 6.07) is 0. The summed E-state index contributed by atoms with van der Waals surface area (Å²) in [4.78, 5) is 22.8. The standard InChI is InChI=1S/C8H13NO5/c10-6-1-2-9(3-6)7(11)4-14-5-8(12)13/h6,10H,1-5H2,(H,12,13). The van der Waals surface area contributed by atoms with E-state index in [4.69, 9.17) is 10.2 Å². The highest BCUT2D eigenvalue weighted by atomic mass is 16.5. The largest absolute Gasteiger partial charge is 0.480 e. The van der Waals surface area contributed by atoms with E-state index in [1.165, 1.54) is 4.90 Å². The number of rotatable bonds is 4. The molecule has 0 spiro atoms. The smallest absolute Gasteiger partial charge is 0.329 e. The number of carboxylic acids is 1. The molecule has 0 radical (unpaired) electrons. The van der Waals surface area contributed by atoms with Crippen LogP contribution in [0.4, 0.5) is 0 Å². The van der Waals surface area contributed by atoms with Crippen LogP contribution < -0.4 is 0 Å². The lowest BCUT2D eigenvalue weighted by Crippen LogP contribution is -2.33. The lowest BCUT2D eigenvalue weighted by Gasteiger charge is -2.14. The Bertz CT molecular complexity index is 230. The number of aliphatic hydroxyl groups excluding tert-OH is 1. The maximum Gasteiger partial charge on any atom is 0.329 e. The fourth-order valence-corrected chi connectivity index (χ4v) is 1.29. The topological polar surface area (TPSA) is 87.1 Å². The van der Waals surface area contributed by atoms with Gasteiger partial charge in [0.1, 0.15) is 13.2 Å². The number of hydrogen-bond acceptors (Lipinski definition) is 4. The summed E-state index contributed by atoms with van der Waals surface area (Å²) < 4.78 is 4.63. The molecule has 1 saturated heterocycles. The first-order valence-electron chi connectivity index (χ1n) is 4.35. The first-order chi connectivity index (χ1) is 6.59. The molecule has 0 aliphatic carbocycles. The Kier molecular flexibility index (Phi) is 3.84. The van der Waals surface area contributed by atoms with Gasteiger partial charge < -0.3 is 19.8 Å². The molecule has 0 aromatic carbocycles. The van der Waals surface area contributed by atoms with Crippen LogP contribution in [0.1, 0.15) is 6.42 Å². The maximum atomic E-state index is 11.3. The molecule has 6 nitrogen and oxygen atoms in total. The van der Waals surface area contributed by atoms with E-state index in [2.05, 4.69) is 4.74 Å². The molecular weight excluding hydrogens is 190 g/mol. The van der Waals surface area contributed by atoms with Crippen LogP contribution in [0.2, 0.25) is 0 Å². The summed E-state index contributed by atoms with van der Waals surface area (Å²) in [7, 11) is 0. The number of aliphatic hydroxyl groups is 1. The molecule has 6 heteroatoms. The molecule has 0 aromatic heterocycles. The van der Waals surface area contributed by atoms with Gasteiger partial charge in [0.05, 0.1) is 6.10 Å². The molecular formula is C8H13NO5. The number of carboxylic acid groups (broad SMARTS) is 1. The van der Waals surface area contributed by atoms with Crippen LogP contribution >= 0.6 is 0 Å². The van der Waals surface area contributed by atoms with Crippen molar-refractivity contribution in [3.63, 3.8) is 0 Å². The number of carbonyl (C=O) groups excluding carboxylic acids is 1. The summed E-state index contributed by atoms with van der Waals surface area (Å²) in [6.07, 6.45) is 0.114. The lowest BCUT2D eigenvalue weighted by atomic mass is 10.3. The Morgan fingerprint density at radius 1 is 1.43 bits per heavy atom. The van der Waals surface area contributed by atoms with Gasteiger partial charge in [0.15, 0.2) is 0 Å². The van der Waals surface area contributed by atoms with Crippen molar-refractivity contribution >= 4 is 11.9 Å².